The molecule has 63 heavy (non-hydrogen) atoms. The summed E-state index contributed by atoms with van der Waals surface area (Å²) in [5.74, 6) is -1.88. The van der Waals surface area contributed by atoms with E-state index in [9.17, 15) is 19.5 Å². The van der Waals surface area contributed by atoms with Crippen molar-refractivity contribution in [1.82, 2.24) is 0 Å². The van der Waals surface area contributed by atoms with E-state index in [1.165, 1.54) is 6.08 Å². The van der Waals surface area contributed by atoms with Crippen LogP contribution in [0.3, 0.4) is 0 Å². The number of carbonyl (C=O) groups excluding carboxylic acids is 3. The maximum atomic E-state index is 13.6. The van der Waals surface area contributed by atoms with Crippen molar-refractivity contribution in [2.75, 3.05) is 19.8 Å². The van der Waals surface area contributed by atoms with Gasteiger partial charge in [-0.25, -0.2) is 4.79 Å². The summed E-state index contributed by atoms with van der Waals surface area (Å²) < 4.78 is 38.3. The summed E-state index contributed by atoms with van der Waals surface area (Å²) in [6.45, 7) is 35.7. The van der Waals surface area contributed by atoms with Crippen molar-refractivity contribution >= 4 is 42.4 Å². The van der Waals surface area contributed by atoms with Crippen molar-refractivity contribution in [2.24, 2.45) is 11.8 Å². The molecule has 0 unspecified atom stereocenters. The molecule has 0 aliphatic carbocycles. The van der Waals surface area contributed by atoms with E-state index in [-0.39, 0.29) is 42.6 Å². The van der Waals surface area contributed by atoms with Gasteiger partial charge in [-0.05, 0) is 87.3 Å². The molecule has 362 valence electrons. The first kappa shape index (κ1) is 57.0. The van der Waals surface area contributed by atoms with Crippen LogP contribution in [0, 0.1) is 11.8 Å². The van der Waals surface area contributed by atoms with Crippen molar-refractivity contribution in [1.29, 1.82) is 0 Å². The van der Waals surface area contributed by atoms with Crippen LogP contribution in [0.4, 0.5) is 0 Å². The van der Waals surface area contributed by atoms with Crippen LogP contribution < -0.4 is 0 Å². The van der Waals surface area contributed by atoms with Crippen molar-refractivity contribution in [3.8, 4) is 0 Å². The van der Waals surface area contributed by atoms with Crippen molar-refractivity contribution in [2.45, 2.75) is 219 Å². The first-order valence-electron chi connectivity index (χ1n) is 23.9. The molecule has 0 aromatic heterocycles. The van der Waals surface area contributed by atoms with Crippen LogP contribution in [0.15, 0.2) is 47.6 Å². The molecule has 0 saturated carbocycles. The van der Waals surface area contributed by atoms with E-state index in [2.05, 4.69) is 112 Å². The maximum Gasteiger partial charge on any atom is 0.330 e. The summed E-state index contributed by atoms with van der Waals surface area (Å²) in [5.41, 5.74) is 0.894. The van der Waals surface area contributed by atoms with Gasteiger partial charge < -0.3 is 33.2 Å². The van der Waals surface area contributed by atoms with E-state index in [1.807, 2.05) is 19.9 Å². The average molecular weight is 936 g/mol. The van der Waals surface area contributed by atoms with Gasteiger partial charge in [0.25, 0.3) is 0 Å². The molecule has 0 aromatic carbocycles. The van der Waals surface area contributed by atoms with Crippen LogP contribution in [0.5, 0.6) is 0 Å². The smallest absolute Gasteiger partial charge is 0.330 e. The van der Waals surface area contributed by atoms with E-state index in [1.54, 1.807) is 6.08 Å². The van der Waals surface area contributed by atoms with Gasteiger partial charge in [-0.1, -0.05) is 124 Å². The van der Waals surface area contributed by atoms with E-state index in [0.29, 0.717) is 50.4 Å². The van der Waals surface area contributed by atoms with Crippen molar-refractivity contribution in [3.05, 3.63) is 47.6 Å². The molecule has 0 bridgehead atoms. The highest BCUT2D eigenvalue weighted by Crippen LogP contribution is 2.51. The predicted molar refractivity (Wildman–Crippen MR) is 265 cm³/mol. The lowest BCUT2D eigenvalue weighted by atomic mass is 9.85. The Balaban J connectivity index is 2.37. The maximum absolute atomic E-state index is 13.6. The number of ether oxygens (including phenoxy) is 5. The molecular formula is C50H90O10Si3. The third-order valence-electron chi connectivity index (χ3n) is 13.0. The molecule has 13 heteroatoms. The number of aliphatic hydroxyl groups excluding tert-OH is 1. The van der Waals surface area contributed by atoms with Gasteiger partial charge in [-0.15, -0.1) is 0 Å². The Morgan fingerprint density at radius 3 is 2.05 bits per heavy atom. The Morgan fingerprint density at radius 1 is 0.857 bits per heavy atom. The number of carbonyl (C=O) groups is 3. The number of rotatable bonds is 25. The molecule has 10 nitrogen and oxygen atoms in total. The summed E-state index contributed by atoms with van der Waals surface area (Å²) in [7, 11) is -4.80. The summed E-state index contributed by atoms with van der Waals surface area (Å²) in [5, 5.41) is 10.1. The number of hydrogen-bond acceptors (Lipinski definition) is 10. The first-order chi connectivity index (χ1) is 29.0. The predicted octanol–water partition coefficient (Wildman–Crippen LogP) is 12.1. The van der Waals surface area contributed by atoms with Gasteiger partial charge in [0, 0.05) is 47.6 Å². The molecule has 2 heterocycles. The zero-order valence-electron chi connectivity index (χ0n) is 42.6. The fourth-order valence-electron chi connectivity index (χ4n) is 7.32. The third kappa shape index (κ3) is 20.5. The molecular weight excluding hydrogens is 845 g/mol. The van der Waals surface area contributed by atoms with Gasteiger partial charge in [0.2, 0.25) is 0 Å². The van der Waals surface area contributed by atoms with Gasteiger partial charge >= 0.3 is 17.9 Å². The fourth-order valence-corrected chi connectivity index (χ4v) is 10.1. The largest absolute Gasteiger partial charge is 0.466 e. The second-order valence-electron chi connectivity index (χ2n) is 22.6. The van der Waals surface area contributed by atoms with Crippen LogP contribution in [0.25, 0.3) is 0 Å². The molecule has 7 atom stereocenters. The SMILES string of the molecule is CCCC[C@]1([C@H](/C=C/C(C)=C/C(=O)OCC[Si](C)(C)C)OC(=O)CCC(=O)OCC[Si](C)(C)C)CC[C@]2(CC[C@H](C)[C@@H](C/C=C(C)/C=C/[C@H](O[Si](C)(C)C(C)(C)C)[C@@H](C)CO)O2)O1. The minimum Gasteiger partial charge on any atom is -0.466 e. The molecule has 2 saturated heterocycles. The van der Waals surface area contributed by atoms with Gasteiger partial charge in [0.15, 0.2) is 14.1 Å². The Kier molecular flexibility index (Phi) is 22.7. The quantitative estimate of drug-likeness (QED) is 0.0311. The zero-order chi connectivity index (χ0) is 47.9. The van der Waals surface area contributed by atoms with Gasteiger partial charge in [-0.2, -0.15) is 0 Å². The van der Waals surface area contributed by atoms with E-state index in [4.69, 9.17) is 28.1 Å². The highest BCUT2D eigenvalue weighted by atomic mass is 28.4. The summed E-state index contributed by atoms with van der Waals surface area (Å²) >= 11 is 0. The first-order valence-corrected chi connectivity index (χ1v) is 34.3. The highest BCUT2D eigenvalue weighted by molar-refractivity contribution is 6.76. The second-order valence-corrected chi connectivity index (χ2v) is 38.6. The second kappa shape index (κ2) is 25.1. The number of hydrogen-bond donors (Lipinski definition) is 1. The lowest BCUT2D eigenvalue weighted by Gasteiger charge is -2.44. The molecule has 2 aliphatic rings. The monoisotopic (exact) mass is 935 g/mol. The minimum atomic E-state index is -2.06. The van der Waals surface area contributed by atoms with Crippen LogP contribution in [0.2, 0.25) is 69.5 Å². The standard InChI is InChI=1S/C50H90O10Si3/c1-17-18-28-49(44(24-21-39(3)36-47(54)56-33-35-62(12,13)14)57-46(53)26-25-45(52)55-32-34-61(9,10)11)30-31-50(60-49)29-27-40(4)42(58-50)22-19-38(2)20-23-43(41(5)37-51)59-63(15,16)48(6,7)8/h19-21,23-24,36,40-44,51H,17-18,22,25-35,37H2,1-16H3/b23-20+,24-21+,38-19+,39-36+/t40-,41-,42+,43-,44-,49+,50-/m0/s1. The molecule has 2 aliphatic heterocycles. The molecule has 0 amide bonds. The minimum absolute atomic E-state index is 0.0302. The van der Waals surface area contributed by atoms with E-state index < -0.39 is 59.9 Å². The number of aliphatic hydroxyl groups is 1. The van der Waals surface area contributed by atoms with Gasteiger partial charge in [0.1, 0.15) is 11.7 Å². The molecule has 1 spiro atoms. The average Bonchev–Trinajstić information content (AvgIpc) is 3.53. The Hall–Kier alpha value is -2.14. The molecule has 2 rings (SSSR count). The third-order valence-corrected chi connectivity index (χ3v) is 20.8. The highest BCUT2D eigenvalue weighted by Gasteiger charge is 2.56. The Bertz CT molecular complexity index is 1580. The van der Waals surface area contributed by atoms with E-state index in [0.717, 1.165) is 43.3 Å². The van der Waals surface area contributed by atoms with Crippen LogP contribution in [-0.4, -0.2) is 97.0 Å². The normalized spacial score (nSPS) is 24.5. The Labute approximate surface area is 386 Å². The van der Waals surface area contributed by atoms with Crippen LogP contribution >= 0.6 is 0 Å². The number of allylic oxidation sites excluding steroid dienone is 4. The van der Waals surface area contributed by atoms with Crippen molar-refractivity contribution in [3.63, 3.8) is 0 Å². The van der Waals surface area contributed by atoms with Gasteiger partial charge in [-0.3, -0.25) is 9.59 Å². The Morgan fingerprint density at radius 2 is 1.46 bits per heavy atom. The van der Waals surface area contributed by atoms with Gasteiger partial charge in [0.05, 0.1) is 38.3 Å². The lowest BCUT2D eigenvalue weighted by molar-refractivity contribution is -0.308. The summed E-state index contributed by atoms with van der Waals surface area (Å²) in [4.78, 5) is 39.0. The van der Waals surface area contributed by atoms with Crippen molar-refractivity contribution < 1.29 is 47.6 Å². The fraction of sp³-hybridized carbons (Fsp3) is 0.780. The van der Waals surface area contributed by atoms with Crippen LogP contribution in [-0.2, 0) is 42.5 Å². The number of unbranched alkanes of at least 4 members (excludes halogenated alkanes) is 1. The summed E-state index contributed by atoms with van der Waals surface area (Å²) in [6.07, 6.45) is 16.4. The van der Waals surface area contributed by atoms with Crippen LogP contribution in [0.1, 0.15) is 120 Å². The molecule has 1 N–H and O–H groups in total. The lowest BCUT2D eigenvalue weighted by Crippen LogP contribution is -2.50. The van der Waals surface area contributed by atoms with E-state index >= 15 is 0 Å². The number of esters is 3. The molecule has 0 aromatic rings. The molecule has 2 fully saturated rings. The topological polar surface area (TPSA) is 127 Å². The zero-order valence-corrected chi connectivity index (χ0v) is 45.6. The molecule has 0 radical (unpaired) electrons. The summed E-state index contributed by atoms with van der Waals surface area (Å²) in [6, 6.07) is 1.75.